The van der Waals surface area contributed by atoms with Gasteiger partial charge in [0.1, 0.15) is 18.4 Å². The Morgan fingerprint density at radius 2 is 1.49 bits per heavy atom. The number of esters is 1. The van der Waals surface area contributed by atoms with Gasteiger partial charge < -0.3 is 33.3 Å². The Morgan fingerprint density at radius 1 is 0.849 bits per heavy atom. The minimum absolute atomic E-state index is 0.172. The Bertz CT molecular complexity index is 2090. The van der Waals surface area contributed by atoms with Crippen molar-refractivity contribution in [2.45, 2.75) is 64.6 Å². The second-order valence-corrected chi connectivity index (χ2v) is 13.8. The van der Waals surface area contributed by atoms with Crippen molar-refractivity contribution in [3.05, 3.63) is 117 Å². The molecule has 0 aromatic heterocycles. The van der Waals surface area contributed by atoms with E-state index >= 15 is 0 Å². The van der Waals surface area contributed by atoms with E-state index in [1.807, 2.05) is 80.6 Å². The number of rotatable bonds is 11. The molecule has 10 heteroatoms. The maximum Gasteiger partial charge on any atom is 0.308 e. The number of aryl methyl sites for hydroxylation is 1. The van der Waals surface area contributed by atoms with Crippen molar-refractivity contribution >= 4 is 12.0 Å². The zero-order chi connectivity index (χ0) is 37.4. The van der Waals surface area contributed by atoms with Crippen LogP contribution in [0.3, 0.4) is 0 Å². The maximum atomic E-state index is 12.7. The molecule has 7 rings (SSSR count). The van der Waals surface area contributed by atoms with Gasteiger partial charge in [-0.05, 0) is 55.6 Å². The van der Waals surface area contributed by atoms with Gasteiger partial charge in [-0.15, -0.1) is 0 Å². The second-order valence-electron chi connectivity index (χ2n) is 13.8. The Labute approximate surface area is 311 Å². The summed E-state index contributed by atoms with van der Waals surface area (Å²) in [6.45, 7) is 6.19. The third-order valence-electron chi connectivity index (χ3n) is 10.7. The molecule has 0 N–H and O–H groups in total. The van der Waals surface area contributed by atoms with Crippen LogP contribution in [0.25, 0.3) is 6.08 Å². The first-order chi connectivity index (χ1) is 25.7. The maximum absolute atomic E-state index is 12.7. The number of benzene rings is 4. The normalized spacial score (nSPS) is 19.9. The molecular formula is C43H45N3O7. The lowest BCUT2D eigenvalue weighted by molar-refractivity contribution is -0.131. The third kappa shape index (κ3) is 6.24. The lowest BCUT2D eigenvalue weighted by Gasteiger charge is -2.57. The van der Waals surface area contributed by atoms with Crippen LogP contribution in [0.4, 0.5) is 0 Å². The predicted molar refractivity (Wildman–Crippen MR) is 200 cm³/mol. The van der Waals surface area contributed by atoms with Crippen LogP contribution in [0.5, 0.6) is 28.7 Å². The van der Waals surface area contributed by atoms with Crippen molar-refractivity contribution in [1.82, 2.24) is 9.80 Å². The highest BCUT2D eigenvalue weighted by Crippen LogP contribution is 2.58. The van der Waals surface area contributed by atoms with E-state index in [-0.39, 0.29) is 18.7 Å². The fourth-order valence-corrected chi connectivity index (χ4v) is 8.42. The summed E-state index contributed by atoms with van der Waals surface area (Å²) < 4.78 is 37.4. The van der Waals surface area contributed by atoms with Gasteiger partial charge in [-0.1, -0.05) is 66.7 Å². The molecule has 0 amide bonds. The van der Waals surface area contributed by atoms with Crippen LogP contribution >= 0.6 is 0 Å². The fourth-order valence-electron chi connectivity index (χ4n) is 8.42. The molecule has 3 heterocycles. The number of ether oxygens (including phenoxy) is 6. The fraction of sp³-hybridized carbons (Fsp3) is 0.349. The molecule has 2 bridgehead atoms. The summed E-state index contributed by atoms with van der Waals surface area (Å²) in [4.78, 5) is 17.2. The van der Waals surface area contributed by atoms with E-state index in [0.717, 1.165) is 39.1 Å². The molecule has 0 spiro atoms. The van der Waals surface area contributed by atoms with Crippen LogP contribution in [0.2, 0.25) is 0 Å². The number of likely N-dealkylation sites (N-methyl/N-ethyl adjacent to an activating group) is 1. The van der Waals surface area contributed by atoms with Gasteiger partial charge in [-0.25, -0.2) is 0 Å². The quantitative estimate of drug-likeness (QED) is 0.117. The highest BCUT2D eigenvalue weighted by Gasteiger charge is 2.53. The largest absolute Gasteiger partial charge is 0.493 e. The third-order valence-corrected chi connectivity index (χ3v) is 10.7. The molecule has 4 aromatic carbocycles. The summed E-state index contributed by atoms with van der Waals surface area (Å²) in [5, 5.41) is 11.1. The van der Waals surface area contributed by atoms with Crippen molar-refractivity contribution in [3.63, 3.8) is 0 Å². The topological polar surface area (TPSA) is 103 Å². The Hall–Kier alpha value is -5.50. The number of piperazine rings is 1. The number of methoxy groups -OCH3 is 3. The van der Waals surface area contributed by atoms with Gasteiger partial charge in [-0.3, -0.25) is 9.69 Å². The molecule has 4 atom stereocenters. The lowest BCUT2D eigenvalue weighted by atomic mass is 9.75. The average molecular weight is 716 g/mol. The number of nitriles is 1. The van der Waals surface area contributed by atoms with Gasteiger partial charge in [-0.2, -0.15) is 5.26 Å². The highest BCUT2D eigenvalue weighted by atomic mass is 16.5. The predicted octanol–water partition coefficient (Wildman–Crippen LogP) is 7.25. The minimum Gasteiger partial charge on any atom is -0.493 e. The average Bonchev–Trinajstić information content (AvgIpc) is 3.15. The Morgan fingerprint density at radius 3 is 2.09 bits per heavy atom. The van der Waals surface area contributed by atoms with E-state index in [0.29, 0.717) is 59.5 Å². The van der Waals surface area contributed by atoms with Crippen molar-refractivity contribution in [3.8, 4) is 34.8 Å². The van der Waals surface area contributed by atoms with E-state index < -0.39 is 18.1 Å². The van der Waals surface area contributed by atoms with Gasteiger partial charge in [0.2, 0.25) is 0 Å². The van der Waals surface area contributed by atoms with Crippen LogP contribution in [0.1, 0.15) is 63.5 Å². The standard InChI is InChI=1S/C43H45N3O7/c1-25-18-30-19-32-34(21-44)46-33(38(45(32)4)36(30)43(39(25)48-5)52-23-29-16-12-9-13-17-29)20-31-37(35(46)24-51-22-28-14-10-8-11-15-28)42(50-7)41(49-6)26(2)40(31)53-27(3)47/h8-18,20,32,34-35,38H,19,22-24H2,1-7H3/t32-,34+,35+,38+/m1/s1. The number of hydrogen-bond acceptors (Lipinski definition) is 10. The monoisotopic (exact) mass is 715 g/mol. The number of nitrogens with zero attached hydrogens (tertiary/aromatic N) is 3. The summed E-state index contributed by atoms with van der Waals surface area (Å²) in [7, 11) is 6.91. The van der Waals surface area contributed by atoms with Crippen molar-refractivity contribution in [2.75, 3.05) is 35.0 Å². The molecule has 10 nitrogen and oxygen atoms in total. The molecule has 0 unspecified atom stereocenters. The number of carbonyl (C=O) groups is 1. The molecule has 0 aliphatic carbocycles. The molecule has 3 aliphatic rings. The molecule has 1 saturated heterocycles. The summed E-state index contributed by atoms with van der Waals surface area (Å²) in [5.74, 6) is 2.21. The van der Waals surface area contributed by atoms with Crippen LogP contribution in [0, 0.1) is 25.2 Å². The van der Waals surface area contributed by atoms with Crippen LogP contribution in [0.15, 0.2) is 72.4 Å². The zero-order valence-corrected chi connectivity index (χ0v) is 31.3. The van der Waals surface area contributed by atoms with Gasteiger partial charge in [0.15, 0.2) is 23.0 Å². The Kier molecular flexibility index (Phi) is 10.1. The first kappa shape index (κ1) is 35.9. The van der Waals surface area contributed by atoms with Gasteiger partial charge in [0.25, 0.3) is 0 Å². The molecule has 53 heavy (non-hydrogen) atoms. The molecule has 0 saturated carbocycles. The van der Waals surface area contributed by atoms with E-state index in [9.17, 15) is 10.1 Å². The van der Waals surface area contributed by atoms with Crippen LogP contribution in [-0.4, -0.2) is 62.8 Å². The number of carbonyl (C=O) groups excluding carboxylic acids is 1. The van der Waals surface area contributed by atoms with Gasteiger partial charge in [0, 0.05) is 40.9 Å². The molecular weight excluding hydrogens is 670 g/mol. The van der Waals surface area contributed by atoms with Crippen molar-refractivity contribution < 1.29 is 33.2 Å². The zero-order valence-electron chi connectivity index (χ0n) is 31.3. The highest BCUT2D eigenvalue weighted by molar-refractivity contribution is 5.80. The molecule has 3 aliphatic heterocycles. The molecule has 0 radical (unpaired) electrons. The van der Waals surface area contributed by atoms with E-state index in [4.69, 9.17) is 28.4 Å². The first-order valence-corrected chi connectivity index (χ1v) is 17.8. The summed E-state index contributed by atoms with van der Waals surface area (Å²) in [6, 6.07) is 23.3. The van der Waals surface area contributed by atoms with E-state index in [1.54, 1.807) is 21.3 Å². The van der Waals surface area contributed by atoms with Crippen LogP contribution in [-0.2, 0) is 29.2 Å². The second kappa shape index (κ2) is 14.9. The van der Waals surface area contributed by atoms with Gasteiger partial charge in [0.05, 0.1) is 52.7 Å². The SMILES string of the molecule is COc1c(C)cc2c(c1OCc1ccccc1)[C@@H]1C3=Cc4c(OC(C)=O)c(C)c(OC)c(OC)c4[C@H](COCc4ccccc4)N3[C@@H](C#N)[C@@H](C2)N1C. The Balaban J connectivity index is 1.47. The van der Waals surface area contributed by atoms with Gasteiger partial charge >= 0.3 is 5.97 Å². The molecule has 4 aromatic rings. The number of fused-ring (bicyclic) bond motifs is 7. The first-order valence-electron chi connectivity index (χ1n) is 17.8. The summed E-state index contributed by atoms with van der Waals surface area (Å²) in [5.41, 5.74) is 7.99. The molecule has 1 fully saturated rings. The summed E-state index contributed by atoms with van der Waals surface area (Å²) >= 11 is 0. The van der Waals surface area contributed by atoms with Crippen molar-refractivity contribution in [2.24, 2.45) is 0 Å². The van der Waals surface area contributed by atoms with E-state index in [1.165, 1.54) is 6.92 Å². The molecule has 274 valence electrons. The minimum atomic E-state index is -0.570. The lowest BCUT2D eigenvalue weighted by Crippen LogP contribution is -2.62. The summed E-state index contributed by atoms with van der Waals surface area (Å²) in [6.07, 6.45) is 2.66. The van der Waals surface area contributed by atoms with E-state index in [2.05, 4.69) is 29.0 Å². The van der Waals surface area contributed by atoms with Crippen molar-refractivity contribution in [1.29, 1.82) is 5.26 Å². The number of hydrogen-bond donors (Lipinski definition) is 0. The van der Waals surface area contributed by atoms with Crippen LogP contribution < -0.4 is 23.7 Å². The smallest absolute Gasteiger partial charge is 0.308 e.